The normalized spacial score (nSPS) is 14.6. The van der Waals surface area contributed by atoms with Crippen LogP contribution in [0.5, 0.6) is 0 Å². The third kappa shape index (κ3) is 4.74. The number of halogens is 2. The minimum Gasteiger partial charge on any atom is -0.339 e. The van der Waals surface area contributed by atoms with Gasteiger partial charge in [0, 0.05) is 40.6 Å². The highest BCUT2D eigenvalue weighted by Crippen LogP contribution is 2.23. The van der Waals surface area contributed by atoms with Crippen molar-refractivity contribution in [3.05, 3.63) is 57.8 Å². The van der Waals surface area contributed by atoms with Crippen LogP contribution >= 0.6 is 23.2 Å². The Morgan fingerprint density at radius 3 is 2.27 bits per heavy atom. The average Bonchev–Trinajstić information content (AvgIpc) is 2.89. The predicted molar refractivity (Wildman–Crippen MR) is 103 cm³/mol. The van der Waals surface area contributed by atoms with E-state index in [4.69, 9.17) is 23.2 Å². The van der Waals surface area contributed by atoms with E-state index in [0.29, 0.717) is 21.3 Å². The first-order chi connectivity index (χ1) is 12.5. The number of hydrogen-bond donors (Lipinski definition) is 1. The summed E-state index contributed by atoms with van der Waals surface area (Å²) < 4.78 is 0. The van der Waals surface area contributed by atoms with Crippen molar-refractivity contribution < 1.29 is 9.59 Å². The number of anilines is 1. The molecule has 0 bridgehead atoms. The van der Waals surface area contributed by atoms with Crippen molar-refractivity contribution in [3.63, 3.8) is 0 Å². The van der Waals surface area contributed by atoms with E-state index < -0.39 is 5.91 Å². The minimum absolute atomic E-state index is 0.0610. The van der Waals surface area contributed by atoms with E-state index in [0.717, 1.165) is 38.8 Å². The molecule has 2 heterocycles. The molecule has 2 aromatic rings. The maximum Gasteiger partial charge on any atom is 0.274 e. The lowest BCUT2D eigenvalue weighted by Crippen LogP contribution is -2.32. The van der Waals surface area contributed by atoms with Crippen molar-refractivity contribution in [2.24, 2.45) is 0 Å². The van der Waals surface area contributed by atoms with Crippen LogP contribution in [0.4, 0.5) is 5.69 Å². The van der Waals surface area contributed by atoms with Crippen molar-refractivity contribution in [1.29, 1.82) is 0 Å². The molecule has 1 aliphatic heterocycles. The summed E-state index contributed by atoms with van der Waals surface area (Å²) in [6, 6.07) is 7.93. The monoisotopic (exact) mass is 391 g/mol. The summed E-state index contributed by atoms with van der Waals surface area (Å²) >= 11 is 11.9. The number of nitrogens with one attached hydrogen (secondary N) is 1. The van der Waals surface area contributed by atoms with Gasteiger partial charge in [0.15, 0.2) is 0 Å². The fraction of sp³-hybridized carbons (Fsp3) is 0.316. The fourth-order valence-corrected chi connectivity index (χ4v) is 3.49. The maximum absolute atomic E-state index is 12.7. The Labute approximate surface area is 162 Å². The minimum atomic E-state index is -0.422. The van der Waals surface area contributed by atoms with Gasteiger partial charge in [0.25, 0.3) is 11.8 Å². The molecular weight excluding hydrogens is 373 g/mol. The summed E-state index contributed by atoms with van der Waals surface area (Å²) in [7, 11) is 0. The molecule has 0 spiro atoms. The van der Waals surface area contributed by atoms with Crippen LogP contribution in [-0.4, -0.2) is 34.8 Å². The summed E-state index contributed by atoms with van der Waals surface area (Å²) in [5.41, 5.74) is 1.11. The summed E-state index contributed by atoms with van der Waals surface area (Å²) in [4.78, 5) is 31.1. The molecule has 1 saturated heterocycles. The van der Waals surface area contributed by atoms with Gasteiger partial charge < -0.3 is 10.2 Å². The molecule has 1 aromatic heterocycles. The number of likely N-dealkylation sites (tertiary alicyclic amines) is 1. The largest absolute Gasteiger partial charge is 0.339 e. The van der Waals surface area contributed by atoms with Crippen LogP contribution < -0.4 is 5.32 Å². The molecule has 2 amide bonds. The highest BCUT2D eigenvalue weighted by molar-refractivity contribution is 6.35. The molecule has 0 aliphatic carbocycles. The molecule has 1 fully saturated rings. The maximum atomic E-state index is 12.7. The zero-order valence-corrected chi connectivity index (χ0v) is 15.7. The third-order valence-corrected chi connectivity index (χ3v) is 4.69. The molecule has 1 aromatic carbocycles. The van der Waals surface area contributed by atoms with Gasteiger partial charge >= 0.3 is 0 Å². The molecule has 0 radical (unpaired) electrons. The molecular formula is C19H19Cl2N3O2. The lowest BCUT2D eigenvalue weighted by molar-refractivity contribution is 0.0761. The smallest absolute Gasteiger partial charge is 0.274 e. The third-order valence-electron chi connectivity index (χ3n) is 4.25. The number of carbonyl (C=O) groups excluding carboxylic acids is 2. The number of aromatic nitrogens is 1. The first-order valence-corrected chi connectivity index (χ1v) is 9.31. The number of pyridine rings is 1. The number of amides is 2. The van der Waals surface area contributed by atoms with Crippen LogP contribution in [-0.2, 0) is 0 Å². The van der Waals surface area contributed by atoms with Crippen LogP contribution in [0.15, 0.2) is 36.5 Å². The number of nitrogens with zero attached hydrogens (tertiary/aromatic N) is 2. The summed E-state index contributed by atoms with van der Waals surface area (Å²) in [5.74, 6) is -0.483. The van der Waals surface area contributed by atoms with E-state index >= 15 is 0 Å². The van der Waals surface area contributed by atoms with Crippen molar-refractivity contribution in [2.75, 3.05) is 18.4 Å². The molecule has 26 heavy (non-hydrogen) atoms. The summed E-state index contributed by atoms with van der Waals surface area (Å²) in [6.45, 7) is 1.51. The lowest BCUT2D eigenvalue weighted by Gasteiger charge is -2.20. The SMILES string of the molecule is O=C(Nc1cc(Cl)cc(Cl)c1)c1cc(C(=O)N2CCCCCC2)ccn1. The van der Waals surface area contributed by atoms with Gasteiger partial charge in [0.05, 0.1) is 0 Å². The molecule has 0 atom stereocenters. The second kappa shape index (κ2) is 8.52. The number of benzene rings is 1. The van der Waals surface area contributed by atoms with Gasteiger partial charge in [-0.1, -0.05) is 36.0 Å². The Hall–Kier alpha value is -2.11. The van der Waals surface area contributed by atoms with Crippen LogP contribution in [0.3, 0.4) is 0 Å². The van der Waals surface area contributed by atoms with Gasteiger partial charge in [-0.05, 0) is 43.2 Å². The molecule has 0 unspecified atom stereocenters. The van der Waals surface area contributed by atoms with Crippen LogP contribution in [0, 0.1) is 0 Å². The average molecular weight is 392 g/mol. The van der Waals surface area contributed by atoms with E-state index in [1.807, 2.05) is 4.90 Å². The van der Waals surface area contributed by atoms with Crippen molar-refractivity contribution in [3.8, 4) is 0 Å². The van der Waals surface area contributed by atoms with Crippen molar-refractivity contribution in [2.45, 2.75) is 25.7 Å². The van der Waals surface area contributed by atoms with E-state index in [1.165, 1.54) is 12.3 Å². The number of carbonyl (C=O) groups is 2. The second-order valence-electron chi connectivity index (χ2n) is 6.25. The quantitative estimate of drug-likeness (QED) is 0.827. The second-order valence-corrected chi connectivity index (χ2v) is 7.12. The molecule has 7 heteroatoms. The molecule has 1 aliphatic rings. The molecule has 0 saturated carbocycles. The van der Waals surface area contributed by atoms with Crippen LogP contribution in [0.1, 0.15) is 46.5 Å². The molecule has 136 valence electrons. The molecule has 1 N–H and O–H groups in total. The van der Waals surface area contributed by atoms with E-state index in [9.17, 15) is 9.59 Å². The van der Waals surface area contributed by atoms with Gasteiger partial charge in [0.1, 0.15) is 5.69 Å². The highest BCUT2D eigenvalue weighted by Gasteiger charge is 2.19. The van der Waals surface area contributed by atoms with Crippen LogP contribution in [0.25, 0.3) is 0 Å². The summed E-state index contributed by atoms with van der Waals surface area (Å²) in [6.07, 6.45) is 5.80. The van der Waals surface area contributed by atoms with Crippen molar-refractivity contribution >= 4 is 40.7 Å². The molecule has 5 nitrogen and oxygen atoms in total. The topological polar surface area (TPSA) is 62.3 Å². The van der Waals surface area contributed by atoms with Crippen molar-refractivity contribution in [1.82, 2.24) is 9.88 Å². The first kappa shape index (κ1) is 18.7. The highest BCUT2D eigenvalue weighted by atomic mass is 35.5. The summed E-state index contributed by atoms with van der Waals surface area (Å²) in [5, 5.41) is 3.54. The van der Waals surface area contributed by atoms with Gasteiger partial charge in [-0.3, -0.25) is 14.6 Å². The Balaban J connectivity index is 1.75. The Morgan fingerprint density at radius 2 is 1.62 bits per heavy atom. The van der Waals surface area contributed by atoms with Gasteiger partial charge in [-0.2, -0.15) is 0 Å². The molecule has 3 rings (SSSR count). The number of hydrogen-bond acceptors (Lipinski definition) is 3. The van der Waals surface area contributed by atoms with Crippen LogP contribution in [0.2, 0.25) is 10.0 Å². The van der Waals surface area contributed by atoms with Gasteiger partial charge in [-0.15, -0.1) is 0 Å². The Kier molecular flexibility index (Phi) is 6.12. The van der Waals surface area contributed by atoms with E-state index in [-0.39, 0.29) is 11.6 Å². The Bertz CT molecular complexity index is 798. The zero-order chi connectivity index (χ0) is 18.5. The fourth-order valence-electron chi connectivity index (χ4n) is 2.97. The van der Waals surface area contributed by atoms with Gasteiger partial charge in [0.2, 0.25) is 0 Å². The van der Waals surface area contributed by atoms with E-state index in [2.05, 4.69) is 10.3 Å². The number of rotatable bonds is 3. The van der Waals surface area contributed by atoms with E-state index in [1.54, 1.807) is 24.3 Å². The first-order valence-electron chi connectivity index (χ1n) is 8.56. The lowest BCUT2D eigenvalue weighted by atomic mass is 10.2. The zero-order valence-electron chi connectivity index (χ0n) is 14.2. The Morgan fingerprint density at radius 1 is 0.962 bits per heavy atom. The standard InChI is InChI=1S/C19H19Cl2N3O2/c20-14-10-15(21)12-16(11-14)23-18(25)17-9-13(5-6-22-17)19(26)24-7-3-1-2-4-8-24/h5-6,9-12H,1-4,7-8H2,(H,23,25). The predicted octanol–water partition coefficient (Wildman–Crippen LogP) is 4.66. The van der Waals surface area contributed by atoms with Gasteiger partial charge in [-0.25, -0.2) is 0 Å².